The zero-order chi connectivity index (χ0) is 14.5. The Hall–Kier alpha value is -1.84. The Morgan fingerprint density at radius 1 is 1.30 bits per heavy atom. The summed E-state index contributed by atoms with van der Waals surface area (Å²) in [6.45, 7) is 4.26. The first-order valence-electron chi connectivity index (χ1n) is 7.24. The summed E-state index contributed by atoms with van der Waals surface area (Å²) in [5.74, 6) is -1.01. The van der Waals surface area contributed by atoms with Crippen molar-refractivity contribution in [2.24, 2.45) is 0 Å². The van der Waals surface area contributed by atoms with Gasteiger partial charge in [0.05, 0.1) is 6.42 Å². The Kier molecular flexibility index (Phi) is 4.77. The second-order valence-electron chi connectivity index (χ2n) is 5.25. The van der Waals surface area contributed by atoms with E-state index in [1.807, 2.05) is 18.2 Å². The number of carboxylic acid groups (broad SMARTS) is 1. The molecule has 0 radical (unpaired) electrons. The van der Waals surface area contributed by atoms with Crippen molar-refractivity contribution in [2.45, 2.75) is 39.0 Å². The molecule has 0 saturated carbocycles. The lowest BCUT2D eigenvalue weighted by Crippen LogP contribution is -2.21. The minimum atomic E-state index is -0.926. The van der Waals surface area contributed by atoms with Gasteiger partial charge in [-0.25, -0.2) is 0 Å². The average molecular weight is 275 g/mol. The smallest absolute Gasteiger partial charge is 0.303 e. The molecular weight excluding hydrogens is 254 g/mol. The molecule has 1 aliphatic rings. The van der Waals surface area contributed by atoms with Crippen LogP contribution < -0.4 is 4.90 Å². The molecule has 0 aromatic heterocycles. The van der Waals surface area contributed by atoms with E-state index in [-0.39, 0.29) is 18.6 Å². The van der Waals surface area contributed by atoms with E-state index in [1.54, 1.807) is 0 Å². The molecule has 2 rings (SSSR count). The highest BCUT2D eigenvalue weighted by molar-refractivity contribution is 5.98. The Morgan fingerprint density at radius 2 is 2.10 bits per heavy atom. The molecule has 20 heavy (non-hydrogen) atoms. The Labute approximate surface area is 119 Å². The molecule has 0 aliphatic carbocycles. The van der Waals surface area contributed by atoms with Crippen LogP contribution in [0, 0.1) is 0 Å². The number of ketones is 1. The van der Waals surface area contributed by atoms with Crippen LogP contribution in [0.5, 0.6) is 0 Å². The zero-order valence-electron chi connectivity index (χ0n) is 11.9. The number of nitrogens with zero attached hydrogens (tertiary/aromatic N) is 1. The van der Waals surface area contributed by atoms with Crippen molar-refractivity contribution in [3.05, 3.63) is 29.3 Å². The maximum Gasteiger partial charge on any atom is 0.303 e. The highest BCUT2D eigenvalue weighted by Crippen LogP contribution is 2.29. The lowest BCUT2D eigenvalue weighted by atomic mass is 10.0. The molecule has 0 amide bonds. The maximum absolute atomic E-state index is 11.9. The Morgan fingerprint density at radius 3 is 2.80 bits per heavy atom. The first kappa shape index (κ1) is 14.6. The number of Topliss-reactive ketones (excluding diaryl/α,β-unsaturated/α-hetero) is 1. The van der Waals surface area contributed by atoms with Crippen molar-refractivity contribution in [3.63, 3.8) is 0 Å². The van der Waals surface area contributed by atoms with Crippen LogP contribution in [0.25, 0.3) is 0 Å². The number of aliphatic carboxylic acids is 1. The number of unbranched alkanes of at least 4 members (excludes halogenated alkanes) is 1. The molecule has 0 unspecified atom stereocenters. The number of carbonyl (C=O) groups is 2. The van der Waals surface area contributed by atoms with Crippen LogP contribution in [-0.2, 0) is 11.2 Å². The van der Waals surface area contributed by atoms with Crippen LogP contribution in [0.3, 0.4) is 0 Å². The quantitative estimate of drug-likeness (QED) is 0.777. The average Bonchev–Trinajstić information content (AvgIpc) is 2.84. The summed E-state index contributed by atoms with van der Waals surface area (Å²) >= 11 is 0. The molecule has 4 heteroatoms. The fourth-order valence-electron chi connectivity index (χ4n) is 2.59. The van der Waals surface area contributed by atoms with E-state index in [0.29, 0.717) is 5.56 Å². The van der Waals surface area contributed by atoms with Crippen LogP contribution >= 0.6 is 0 Å². The van der Waals surface area contributed by atoms with Gasteiger partial charge in [-0.3, -0.25) is 9.59 Å². The van der Waals surface area contributed by atoms with E-state index in [4.69, 9.17) is 5.11 Å². The van der Waals surface area contributed by atoms with Crippen molar-refractivity contribution >= 4 is 17.4 Å². The Bertz CT molecular complexity index is 510. The predicted octanol–water partition coefficient (Wildman–Crippen LogP) is 2.90. The van der Waals surface area contributed by atoms with E-state index in [9.17, 15) is 9.59 Å². The summed E-state index contributed by atoms with van der Waals surface area (Å²) in [6, 6.07) is 5.77. The number of benzene rings is 1. The summed E-state index contributed by atoms with van der Waals surface area (Å²) in [5.41, 5.74) is 3.08. The highest BCUT2D eigenvalue weighted by atomic mass is 16.4. The molecule has 1 N–H and O–H groups in total. The Balaban J connectivity index is 2.05. The standard InChI is InChI=1S/C16H21NO3/c1-2-3-9-17-10-8-12-11-13(4-5-14(12)17)15(18)6-7-16(19)20/h4-5,11H,2-3,6-10H2,1H3,(H,19,20). The monoisotopic (exact) mass is 275 g/mol. The van der Waals surface area contributed by atoms with Gasteiger partial charge >= 0.3 is 5.97 Å². The van der Waals surface area contributed by atoms with Gasteiger partial charge in [0.1, 0.15) is 0 Å². The van der Waals surface area contributed by atoms with Gasteiger partial charge in [-0.05, 0) is 36.6 Å². The van der Waals surface area contributed by atoms with E-state index in [1.165, 1.54) is 24.1 Å². The van der Waals surface area contributed by atoms with Gasteiger partial charge in [-0.15, -0.1) is 0 Å². The van der Waals surface area contributed by atoms with Crippen LogP contribution in [0.4, 0.5) is 5.69 Å². The number of rotatable bonds is 7. The van der Waals surface area contributed by atoms with Crippen LogP contribution in [-0.4, -0.2) is 29.9 Å². The van der Waals surface area contributed by atoms with Gasteiger partial charge in [0.25, 0.3) is 0 Å². The molecule has 1 aliphatic heterocycles. The van der Waals surface area contributed by atoms with Crippen molar-refractivity contribution < 1.29 is 14.7 Å². The first-order valence-corrected chi connectivity index (χ1v) is 7.24. The minimum Gasteiger partial charge on any atom is -0.481 e. The van der Waals surface area contributed by atoms with E-state index in [0.717, 1.165) is 19.5 Å². The van der Waals surface area contributed by atoms with E-state index < -0.39 is 5.97 Å². The van der Waals surface area contributed by atoms with Crippen LogP contribution in [0.15, 0.2) is 18.2 Å². The minimum absolute atomic E-state index is 0.0771. The molecule has 0 atom stereocenters. The second-order valence-corrected chi connectivity index (χ2v) is 5.25. The molecule has 108 valence electrons. The largest absolute Gasteiger partial charge is 0.481 e. The summed E-state index contributed by atoms with van der Waals surface area (Å²) in [4.78, 5) is 24.8. The fourth-order valence-corrected chi connectivity index (χ4v) is 2.59. The number of fused-ring (bicyclic) bond motifs is 1. The van der Waals surface area contributed by atoms with Gasteiger partial charge in [0.15, 0.2) is 5.78 Å². The van der Waals surface area contributed by atoms with Gasteiger partial charge in [0, 0.05) is 30.8 Å². The van der Waals surface area contributed by atoms with Crippen LogP contribution in [0.2, 0.25) is 0 Å². The summed E-state index contributed by atoms with van der Waals surface area (Å²) in [7, 11) is 0. The first-order chi connectivity index (χ1) is 9.61. The maximum atomic E-state index is 11.9. The molecule has 0 saturated heterocycles. The molecule has 0 spiro atoms. The second kappa shape index (κ2) is 6.55. The lowest BCUT2D eigenvalue weighted by Gasteiger charge is -2.19. The summed E-state index contributed by atoms with van der Waals surface area (Å²) < 4.78 is 0. The van der Waals surface area contributed by atoms with Crippen molar-refractivity contribution in [2.75, 3.05) is 18.0 Å². The molecule has 1 heterocycles. The van der Waals surface area contributed by atoms with Gasteiger partial charge in [-0.1, -0.05) is 13.3 Å². The molecular formula is C16H21NO3. The number of carboxylic acids is 1. The topological polar surface area (TPSA) is 57.6 Å². The molecule has 4 nitrogen and oxygen atoms in total. The number of hydrogen-bond donors (Lipinski definition) is 1. The third-order valence-corrected chi connectivity index (χ3v) is 3.74. The molecule has 1 aromatic carbocycles. The van der Waals surface area contributed by atoms with Crippen molar-refractivity contribution in [1.82, 2.24) is 0 Å². The van der Waals surface area contributed by atoms with Gasteiger partial charge in [0.2, 0.25) is 0 Å². The van der Waals surface area contributed by atoms with Crippen molar-refractivity contribution in [3.8, 4) is 0 Å². The van der Waals surface area contributed by atoms with Gasteiger partial charge < -0.3 is 10.0 Å². The normalized spacial score (nSPS) is 13.3. The number of carbonyl (C=O) groups excluding carboxylic acids is 1. The zero-order valence-corrected chi connectivity index (χ0v) is 11.9. The van der Waals surface area contributed by atoms with Crippen LogP contribution in [0.1, 0.15) is 48.5 Å². The molecule has 0 bridgehead atoms. The molecule has 1 aromatic rings. The SMILES string of the molecule is CCCCN1CCc2cc(C(=O)CCC(=O)O)ccc21. The van der Waals surface area contributed by atoms with E-state index in [2.05, 4.69) is 11.8 Å². The number of anilines is 1. The third-order valence-electron chi connectivity index (χ3n) is 3.74. The summed E-state index contributed by atoms with van der Waals surface area (Å²) in [6.07, 6.45) is 3.31. The lowest BCUT2D eigenvalue weighted by molar-refractivity contribution is -0.136. The summed E-state index contributed by atoms with van der Waals surface area (Å²) in [5, 5.41) is 8.62. The highest BCUT2D eigenvalue weighted by Gasteiger charge is 2.20. The number of hydrogen-bond acceptors (Lipinski definition) is 3. The third kappa shape index (κ3) is 3.38. The van der Waals surface area contributed by atoms with Gasteiger partial charge in [-0.2, -0.15) is 0 Å². The van der Waals surface area contributed by atoms with E-state index >= 15 is 0 Å². The molecule has 0 fully saturated rings. The fraction of sp³-hybridized carbons (Fsp3) is 0.500. The van der Waals surface area contributed by atoms with Crippen molar-refractivity contribution in [1.29, 1.82) is 0 Å². The predicted molar refractivity (Wildman–Crippen MR) is 78.5 cm³/mol.